The Hall–Kier alpha value is -0.950. The van der Waals surface area contributed by atoms with Gasteiger partial charge >= 0.3 is 0 Å². The van der Waals surface area contributed by atoms with E-state index in [1.165, 1.54) is 0 Å². The summed E-state index contributed by atoms with van der Waals surface area (Å²) < 4.78 is 33.8. The number of hydrogen-bond acceptors (Lipinski definition) is 4. The zero-order chi connectivity index (χ0) is 15.9. The number of rotatable bonds is 8. The maximum atomic E-state index is 11.3. The summed E-state index contributed by atoms with van der Waals surface area (Å²) in [6, 6.07) is 9.38. The third-order valence-corrected chi connectivity index (χ3v) is 3.65. The number of hydrogen-bond donors (Lipinski definition) is 1. The molecule has 0 saturated carbocycles. The van der Waals surface area contributed by atoms with Crippen LogP contribution in [0.1, 0.15) is 32.3 Å². The van der Waals surface area contributed by atoms with E-state index in [9.17, 15) is 8.42 Å². The van der Waals surface area contributed by atoms with Gasteiger partial charge in [0.2, 0.25) is 10.0 Å². The highest BCUT2D eigenvalue weighted by Gasteiger charge is 2.18. The largest absolute Gasteiger partial charge is 0.378 e. The van der Waals surface area contributed by atoms with E-state index in [1.54, 1.807) is 0 Å². The number of ether oxygens (including phenoxy) is 2. The Morgan fingerprint density at radius 2 is 1.76 bits per heavy atom. The van der Waals surface area contributed by atoms with Crippen LogP contribution in [0.25, 0.3) is 0 Å². The standard InChI is InChI=1S/C15H25NO4S/c1-15(2,3)20-10-9-19-11-14(12-21(16,17)18)13-7-5-4-6-8-13/h4-8,14H,9-12H2,1-3H3,(H2,16,17,18). The van der Waals surface area contributed by atoms with Crippen LogP contribution in [0.5, 0.6) is 0 Å². The van der Waals surface area contributed by atoms with Crippen molar-refractivity contribution in [3.8, 4) is 0 Å². The van der Waals surface area contributed by atoms with Gasteiger partial charge in [0.25, 0.3) is 0 Å². The van der Waals surface area contributed by atoms with E-state index in [4.69, 9.17) is 14.6 Å². The van der Waals surface area contributed by atoms with Crippen LogP contribution in [0.15, 0.2) is 30.3 Å². The number of sulfonamides is 1. The van der Waals surface area contributed by atoms with E-state index >= 15 is 0 Å². The smallest absolute Gasteiger partial charge is 0.209 e. The molecule has 0 aliphatic carbocycles. The summed E-state index contributed by atoms with van der Waals surface area (Å²) in [5, 5.41) is 5.15. The van der Waals surface area contributed by atoms with Crippen LogP contribution in [-0.4, -0.2) is 39.6 Å². The predicted octanol–water partition coefficient (Wildman–Crippen LogP) is 1.89. The molecule has 1 aromatic rings. The summed E-state index contributed by atoms with van der Waals surface area (Å²) in [4.78, 5) is 0. The first-order valence-corrected chi connectivity index (χ1v) is 8.66. The Morgan fingerprint density at radius 1 is 1.14 bits per heavy atom. The molecule has 120 valence electrons. The van der Waals surface area contributed by atoms with Crippen LogP contribution >= 0.6 is 0 Å². The lowest BCUT2D eigenvalue weighted by Crippen LogP contribution is -2.26. The number of primary sulfonamides is 1. The second-order valence-electron chi connectivity index (χ2n) is 5.97. The van der Waals surface area contributed by atoms with Gasteiger partial charge in [-0.25, -0.2) is 13.6 Å². The minimum atomic E-state index is -3.55. The third kappa shape index (κ3) is 8.83. The van der Waals surface area contributed by atoms with Gasteiger partial charge in [-0.15, -0.1) is 0 Å². The van der Waals surface area contributed by atoms with Gasteiger partial charge in [0.05, 0.1) is 31.2 Å². The summed E-state index contributed by atoms with van der Waals surface area (Å²) in [5.41, 5.74) is 0.700. The first-order chi connectivity index (χ1) is 9.67. The van der Waals surface area contributed by atoms with Crippen LogP contribution in [0.3, 0.4) is 0 Å². The molecule has 0 saturated heterocycles. The van der Waals surface area contributed by atoms with Gasteiger partial charge in [-0.05, 0) is 26.3 Å². The van der Waals surface area contributed by atoms with Crippen molar-refractivity contribution < 1.29 is 17.9 Å². The molecule has 1 atom stereocenters. The Bertz CT molecular complexity index is 508. The second-order valence-corrected chi connectivity index (χ2v) is 7.63. The summed E-state index contributed by atoms with van der Waals surface area (Å²) >= 11 is 0. The van der Waals surface area contributed by atoms with Gasteiger partial charge in [0, 0.05) is 5.92 Å². The van der Waals surface area contributed by atoms with E-state index in [0.717, 1.165) is 5.56 Å². The molecule has 1 unspecified atom stereocenters. The minimum absolute atomic E-state index is 0.128. The molecule has 1 aromatic carbocycles. The molecule has 0 aliphatic rings. The molecule has 0 fully saturated rings. The molecule has 0 bridgehead atoms. The Morgan fingerprint density at radius 3 is 2.29 bits per heavy atom. The van der Waals surface area contributed by atoms with Gasteiger partial charge in [-0.3, -0.25) is 0 Å². The maximum Gasteiger partial charge on any atom is 0.209 e. The van der Waals surface area contributed by atoms with Crippen molar-refractivity contribution in [2.45, 2.75) is 32.3 Å². The van der Waals surface area contributed by atoms with Crippen LogP contribution in [0.2, 0.25) is 0 Å². The van der Waals surface area contributed by atoms with Crippen molar-refractivity contribution in [2.24, 2.45) is 5.14 Å². The number of nitrogens with two attached hydrogens (primary N) is 1. The van der Waals surface area contributed by atoms with E-state index in [-0.39, 0.29) is 17.3 Å². The molecule has 5 nitrogen and oxygen atoms in total. The molecular formula is C15H25NO4S. The highest BCUT2D eigenvalue weighted by Crippen LogP contribution is 2.17. The van der Waals surface area contributed by atoms with E-state index < -0.39 is 10.0 Å². The highest BCUT2D eigenvalue weighted by molar-refractivity contribution is 7.89. The molecule has 0 radical (unpaired) electrons. The van der Waals surface area contributed by atoms with Gasteiger partial charge in [-0.2, -0.15) is 0 Å². The monoisotopic (exact) mass is 315 g/mol. The Balaban J connectivity index is 2.51. The van der Waals surface area contributed by atoms with Crippen molar-refractivity contribution in [2.75, 3.05) is 25.6 Å². The molecule has 0 aliphatic heterocycles. The van der Waals surface area contributed by atoms with Crippen molar-refractivity contribution in [3.63, 3.8) is 0 Å². The number of benzene rings is 1. The van der Waals surface area contributed by atoms with E-state index in [0.29, 0.717) is 19.8 Å². The summed E-state index contributed by atoms with van der Waals surface area (Å²) in [7, 11) is -3.55. The normalized spacial score (nSPS) is 14.1. The lowest BCUT2D eigenvalue weighted by atomic mass is 10.0. The average Bonchev–Trinajstić information content (AvgIpc) is 2.35. The zero-order valence-corrected chi connectivity index (χ0v) is 13.7. The second kappa shape index (κ2) is 7.89. The fraction of sp³-hybridized carbons (Fsp3) is 0.600. The molecule has 6 heteroatoms. The van der Waals surface area contributed by atoms with Gasteiger partial charge in [0.1, 0.15) is 0 Å². The molecule has 1 rings (SSSR count). The Labute approximate surface area is 127 Å². The lowest BCUT2D eigenvalue weighted by molar-refractivity contribution is -0.0360. The van der Waals surface area contributed by atoms with Crippen molar-refractivity contribution in [1.82, 2.24) is 0 Å². The van der Waals surface area contributed by atoms with E-state index in [2.05, 4.69) is 0 Å². The molecule has 0 aromatic heterocycles. The van der Waals surface area contributed by atoms with Crippen molar-refractivity contribution in [3.05, 3.63) is 35.9 Å². The third-order valence-electron chi connectivity index (χ3n) is 2.79. The molecular weight excluding hydrogens is 290 g/mol. The summed E-state index contributed by atoms with van der Waals surface area (Å²) in [6.45, 7) is 7.11. The average molecular weight is 315 g/mol. The Kier molecular flexibility index (Phi) is 6.80. The molecule has 0 heterocycles. The van der Waals surface area contributed by atoms with Crippen LogP contribution in [-0.2, 0) is 19.5 Å². The quantitative estimate of drug-likeness (QED) is 0.743. The van der Waals surface area contributed by atoms with Crippen LogP contribution in [0.4, 0.5) is 0 Å². The fourth-order valence-electron chi connectivity index (χ4n) is 1.88. The van der Waals surface area contributed by atoms with E-state index in [1.807, 2.05) is 51.1 Å². The maximum absolute atomic E-state index is 11.3. The minimum Gasteiger partial charge on any atom is -0.378 e. The fourth-order valence-corrected chi connectivity index (χ4v) is 2.73. The molecule has 21 heavy (non-hydrogen) atoms. The predicted molar refractivity (Wildman–Crippen MR) is 83.7 cm³/mol. The van der Waals surface area contributed by atoms with Gasteiger partial charge in [-0.1, -0.05) is 30.3 Å². The molecule has 2 N–H and O–H groups in total. The topological polar surface area (TPSA) is 78.6 Å². The SMILES string of the molecule is CC(C)(C)OCCOCC(CS(N)(=O)=O)c1ccccc1. The summed E-state index contributed by atoms with van der Waals surface area (Å²) in [6.07, 6.45) is 0. The lowest BCUT2D eigenvalue weighted by Gasteiger charge is -2.20. The molecule has 0 amide bonds. The van der Waals surface area contributed by atoms with Crippen LogP contribution in [0, 0.1) is 0 Å². The van der Waals surface area contributed by atoms with Crippen molar-refractivity contribution >= 4 is 10.0 Å². The van der Waals surface area contributed by atoms with Gasteiger partial charge < -0.3 is 9.47 Å². The first kappa shape index (κ1) is 18.1. The molecule has 0 spiro atoms. The summed E-state index contributed by atoms with van der Waals surface area (Å²) in [5.74, 6) is -0.396. The van der Waals surface area contributed by atoms with Gasteiger partial charge in [0.15, 0.2) is 0 Å². The zero-order valence-electron chi connectivity index (χ0n) is 12.9. The first-order valence-electron chi connectivity index (χ1n) is 6.94. The highest BCUT2D eigenvalue weighted by atomic mass is 32.2. The van der Waals surface area contributed by atoms with Crippen molar-refractivity contribution in [1.29, 1.82) is 0 Å². The van der Waals surface area contributed by atoms with Crippen LogP contribution < -0.4 is 5.14 Å².